The van der Waals surface area contributed by atoms with Crippen LogP contribution in [-0.2, 0) is 6.54 Å². The van der Waals surface area contributed by atoms with Gasteiger partial charge < -0.3 is 19.7 Å². The van der Waals surface area contributed by atoms with Gasteiger partial charge in [0.15, 0.2) is 0 Å². The van der Waals surface area contributed by atoms with E-state index in [0.717, 1.165) is 17.1 Å². The zero-order valence-corrected chi connectivity index (χ0v) is 10.8. The highest BCUT2D eigenvalue weighted by Gasteiger charge is 2.15. The van der Waals surface area contributed by atoms with Crippen LogP contribution in [0.1, 0.15) is 24.0 Å². The number of hydrogen-bond donors (Lipinski definition) is 2. The Labute approximate surface area is 101 Å². The van der Waals surface area contributed by atoms with Crippen molar-refractivity contribution >= 4 is 6.03 Å². The van der Waals surface area contributed by atoms with Crippen molar-refractivity contribution in [3.05, 3.63) is 23.2 Å². The smallest absolute Gasteiger partial charge is 0.317 e. The van der Waals surface area contributed by atoms with Crippen molar-refractivity contribution in [3.63, 3.8) is 0 Å². The predicted octanol–water partition coefficient (Wildman–Crippen LogP) is 1.42. The van der Waals surface area contributed by atoms with E-state index in [1.54, 1.807) is 14.0 Å². The van der Waals surface area contributed by atoms with E-state index in [0.29, 0.717) is 6.54 Å². The van der Waals surface area contributed by atoms with Crippen LogP contribution < -0.4 is 5.32 Å². The molecule has 0 aliphatic heterocycles. The summed E-state index contributed by atoms with van der Waals surface area (Å²) in [5, 5.41) is 11.7. The quantitative estimate of drug-likeness (QED) is 0.836. The summed E-state index contributed by atoms with van der Waals surface area (Å²) >= 11 is 0. The third-order valence-corrected chi connectivity index (χ3v) is 2.82. The number of aliphatic hydroxyl groups excluding tert-OH is 1. The lowest BCUT2D eigenvalue weighted by Crippen LogP contribution is -2.43. The third-order valence-electron chi connectivity index (χ3n) is 2.82. The summed E-state index contributed by atoms with van der Waals surface area (Å²) in [6.07, 6.45) is 0. The molecule has 96 valence electrons. The van der Waals surface area contributed by atoms with Crippen molar-refractivity contribution in [3.8, 4) is 0 Å². The monoisotopic (exact) mass is 240 g/mol. The summed E-state index contributed by atoms with van der Waals surface area (Å²) < 4.78 is 5.37. The lowest BCUT2D eigenvalue weighted by Gasteiger charge is -2.23. The zero-order valence-electron chi connectivity index (χ0n) is 10.8. The minimum Gasteiger partial charge on any atom is -0.466 e. The first-order chi connectivity index (χ1) is 7.95. The molecule has 0 saturated carbocycles. The number of amides is 2. The van der Waals surface area contributed by atoms with Gasteiger partial charge in [0.25, 0.3) is 0 Å². The molecule has 1 unspecified atom stereocenters. The van der Waals surface area contributed by atoms with Gasteiger partial charge in [-0.15, -0.1) is 0 Å². The SMILES string of the molecule is Cc1cc(CNC(=O)N(C)C(C)CO)c(C)o1. The van der Waals surface area contributed by atoms with Gasteiger partial charge in [0.1, 0.15) is 11.5 Å². The van der Waals surface area contributed by atoms with Crippen LogP contribution in [0, 0.1) is 13.8 Å². The van der Waals surface area contributed by atoms with Crippen molar-refractivity contribution < 1.29 is 14.3 Å². The second-order valence-electron chi connectivity index (χ2n) is 4.24. The summed E-state index contributed by atoms with van der Waals surface area (Å²) in [6.45, 7) is 5.91. The summed E-state index contributed by atoms with van der Waals surface area (Å²) in [5.74, 6) is 1.66. The molecule has 2 amide bonds. The average molecular weight is 240 g/mol. The van der Waals surface area contributed by atoms with Gasteiger partial charge in [-0.05, 0) is 26.8 Å². The van der Waals surface area contributed by atoms with Crippen LogP contribution >= 0.6 is 0 Å². The topological polar surface area (TPSA) is 65.7 Å². The Morgan fingerprint density at radius 1 is 1.59 bits per heavy atom. The molecule has 0 radical (unpaired) electrons. The van der Waals surface area contributed by atoms with Crippen molar-refractivity contribution in [2.24, 2.45) is 0 Å². The molecule has 1 aromatic heterocycles. The minimum absolute atomic E-state index is 0.0479. The Bertz CT molecular complexity index is 387. The lowest BCUT2D eigenvalue weighted by atomic mass is 10.2. The van der Waals surface area contributed by atoms with Gasteiger partial charge in [-0.25, -0.2) is 4.79 Å². The average Bonchev–Trinajstić information content (AvgIpc) is 2.62. The van der Waals surface area contributed by atoms with Crippen LogP contribution in [-0.4, -0.2) is 35.7 Å². The molecule has 0 aromatic carbocycles. The van der Waals surface area contributed by atoms with E-state index in [-0.39, 0.29) is 18.7 Å². The van der Waals surface area contributed by atoms with E-state index in [4.69, 9.17) is 9.52 Å². The Kier molecular flexibility index (Phi) is 4.57. The molecule has 1 rings (SSSR count). The van der Waals surface area contributed by atoms with Crippen molar-refractivity contribution in [1.82, 2.24) is 10.2 Å². The van der Waals surface area contributed by atoms with Gasteiger partial charge in [0.05, 0.1) is 12.6 Å². The van der Waals surface area contributed by atoms with Crippen LogP contribution in [0.25, 0.3) is 0 Å². The molecule has 5 nitrogen and oxygen atoms in total. The van der Waals surface area contributed by atoms with Gasteiger partial charge in [-0.3, -0.25) is 0 Å². The number of aryl methyl sites for hydroxylation is 2. The molecule has 17 heavy (non-hydrogen) atoms. The lowest BCUT2D eigenvalue weighted by molar-refractivity contribution is 0.157. The highest BCUT2D eigenvalue weighted by molar-refractivity contribution is 5.74. The maximum absolute atomic E-state index is 11.7. The molecule has 0 bridgehead atoms. The Hall–Kier alpha value is -1.49. The summed E-state index contributed by atoms with van der Waals surface area (Å²) in [7, 11) is 1.66. The highest BCUT2D eigenvalue weighted by atomic mass is 16.3. The van der Waals surface area contributed by atoms with Crippen molar-refractivity contribution in [1.29, 1.82) is 0 Å². The second-order valence-corrected chi connectivity index (χ2v) is 4.24. The number of rotatable bonds is 4. The summed E-state index contributed by atoms with van der Waals surface area (Å²) in [6, 6.07) is 1.51. The Balaban J connectivity index is 2.51. The normalized spacial score (nSPS) is 12.3. The van der Waals surface area contributed by atoms with Crippen molar-refractivity contribution in [2.75, 3.05) is 13.7 Å². The highest BCUT2D eigenvalue weighted by Crippen LogP contribution is 2.13. The van der Waals surface area contributed by atoms with E-state index >= 15 is 0 Å². The van der Waals surface area contributed by atoms with Crippen LogP contribution in [0.2, 0.25) is 0 Å². The molecular formula is C12H20N2O3. The Morgan fingerprint density at radius 3 is 2.71 bits per heavy atom. The first-order valence-corrected chi connectivity index (χ1v) is 5.63. The Morgan fingerprint density at radius 2 is 2.24 bits per heavy atom. The van der Waals surface area contributed by atoms with Crippen LogP contribution in [0.15, 0.2) is 10.5 Å². The number of furan rings is 1. The second kappa shape index (κ2) is 5.72. The molecule has 2 N–H and O–H groups in total. The number of hydrogen-bond acceptors (Lipinski definition) is 3. The number of nitrogens with zero attached hydrogens (tertiary/aromatic N) is 1. The van der Waals surface area contributed by atoms with Crippen LogP contribution in [0.3, 0.4) is 0 Å². The predicted molar refractivity (Wildman–Crippen MR) is 64.7 cm³/mol. The summed E-state index contributed by atoms with van der Waals surface area (Å²) in [5.41, 5.74) is 0.973. The molecule has 1 atom stereocenters. The zero-order chi connectivity index (χ0) is 13.0. The maximum Gasteiger partial charge on any atom is 0.317 e. The molecular weight excluding hydrogens is 220 g/mol. The fraction of sp³-hybridized carbons (Fsp3) is 0.583. The van der Waals surface area contributed by atoms with E-state index in [9.17, 15) is 4.79 Å². The molecule has 1 heterocycles. The molecule has 5 heteroatoms. The van der Waals surface area contributed by atoms with E-state index in [1.807, 2.05) is 19.9 Å². The molecule has 0 aliphatic rings. The standard InChI is InChI=1S/C12H20N2O3/c1-8(7-15)14(4)12(16)13-6-11-5-9(2)17-10(11)3/h5,8,15H,6-7H2,1-4H3,(H,13,16). The number of likely N-dealkylation sites (N-methyl/N-ethyl adjacent to an activating group) is 1. The largest absolute Gasteiger partial charge is 0.466 e. The van der Waals surface area contributed by atoms with Gasteiger partial charge in [-0.1, -0.05) is 0 Å². The minimum atomic E-state index is -0.204. The fourth-order valence-corrected chi connectivity index (χ4v) is 1.48. The summed E-state index contributed by atoms with van der Waals surface area (Å²) in [4.78, 5) is 13.2. The van der Waals surface area contributed by atoms with E-state index in [1.165, 1.54) is 4.90 Å². The number of aliphatic hydroxyl groups is 1. The maximum atomic E-state index is 11.7. The molecule has 0 spiro atoms. The number of carbonyl (C=O) groups is 1. The molecule has 0 saturated heterocycles. The molecule has 0 fully saturated rings. The van der Waals surface area contributed by atoms with Gasteiger partial charge in [0.2, 0.25) is 0 Å². The first-order valence-electron chi connectivity index (χ1n) is 5.63. The number of carbonyl (C=O) groups excluding carboxylic acids is 1. The molecule has 0 aliphatic carbocycles. The number of urea groups is 1. The van der Waals surface area contributed by atoms with Gasteiger partial charge in [0, 0.05) is 19.2 Å². The number of nitrogens with one attached hydrogen (secondary N) is 1. The van der Waals surface area contributed by atoms with Crippen LogP contribution in [0.5, 0.6) is 0 Å². The third kappa shape index (κ3) is 3.49. The van der Waals surface area contributed by atoms with Crippen molar-refractivity contribution in [2.45, 2.75) is 33.4 Å². The van der Waals surface area contributed by atoms with E-state index < -0.39 is 0 Å². The fourth-order valence-electron chi connectivity index (χ4n) is 1.48. The van der Waals surface area contributed by atoms with Crippen LogP contribution in [0.4, 0.5) is 4.79 Å². The molecule has 1 aromatic rings. The van der Waals surface area contributed by atoms with Gasteiger partial charge in [-0.2, -0.15) is 0 Å². The van der Waals surface area contributed by atoms with E-state index in [2.05, 4.69) is 5.32 Å². The first kappa shape index (κ1) is 13.6. The van der Waals surface area contributed by atoms with Gasteiger partial charge >= 0.3 is 6.03 Å².